The molecule has 7 nitrogen and oxygen atoms in total. The van der Waals surface area contributed by atoms with Crippen LogP contribution in [-0.2, 0) is 22.6 Å². The van der Waals surface area contributed by atoms with Crippen LogP contribution >= 0.6 is 0 Å². The van der Waals surface area contributed by atoms with E-state index in [0.717, 1.165) is 23.2 Å². The number of nitrogens with zero attached hydrogens (tertiary/aromatic N) is 2. The number of rotatable bonds is 8. The van der Waals surface area contributed by atoms with E-state index < -0.39 is 6.29 Å². The minimum atomic E-state index is -0.698. The summed E-state index contributed by atoms with van der Waals surface area (Å²) in [5, 5.41) is 9.49. The van der Waals surface area contributed by atoms with Crippen LogP contribution < -0.4 is 4.90 Å². The Kier molecular flexibility index (Phi) is 7.76. The van der Waals surface area contributed by atoms with E-state index in [1.807, 2.05) is 54.6 Å². The maximum atomic E-state index is 13.1. The molecule has 4 aromatic rings. The maximum Gasteiger partial charge on any atom is 0.266 e. The third-order valence-electron chi connectivity index (χ3n) is 7.62. The van der Waals surface area contributed by atoms with Gasteiger partial charge in [-0.1, -0.05) is 78.9 Å². The second kappa shape index (κ2) is 11.8. The van der Waals surface area contributed by atoms with Crippen LogP contribution in [0.25, 0.3) is 0 Å². The molecule has 208 valence electrons. The Morgan fingerprint density at radius 3 is 2.15 bits per heavy atom. The molecule has 41 heavy (non-hydrogen) atoms. The lowest BCUT2D eigenvalue weighted by atomic mass is 9.99. The molecule has 7 heteroatoms. The average Bonchev–Trinajstić information content (AvgIpc) is 3.27. The van der Waals surface area contributed by atoms with Gasteiger partial charge in [0.25, 0.3) is 11.8 Å². The molecule has 2 amide bonds. The van der Waals surface area contributed by atoms with Crippen molar-refractivity contribution in [1.82, 2.24) is 4.90 Å². The van der Waals surface area contributed by atoms with E-state index in [-0.39, 0.29) is 30.6 Å². The number of carbonyl (C=O) groups excluding carboxylic acids is 2. The standard InChI is InChI=1S/C34H32N2O5/c1-35(20-23-8-3-2-4-9-23)21-28-19-31(25-16-14-24(22-37)15-17-25)41-34(40-28)26-10-7-11-27(18-26)36-32(38)29-12-5-6-13-30(29)33(36)39/h2-18,28,31,34,37H,19-22H2,1H3. The van der Waals surface area contributed by atoms with E-state index in [1.54, 1.807) is 36.4 Å². The maximum absolute atomic E-state index is 13.1. The van der Waals surface area contributed by atoms with Gasteiger partial charge in [0, 0.05) is 25.1 Å². The Labute approximate surface area is 239 Å². The highest BCUT2D eigenvalue weighted by molar-refractivity contribution is 6.34. The summed E-state index contributed by atoms with van der Waals surface area (Å²) >= 11 is 0. The molecule has 0 saturated carbocycles. The molecule has 0 spiro atoms. The summed E-state index contributed by atoms with van der Waals surface area (Å²) in [5.41, 5.74) is 5.08. The highest BCUT2D eigenvalue weighted by atomic mass is 16.7. The van der Waals surface area contributed by atoms with Crippen LogP contribution in [0.2, 0.25) is 0 Å². The Morgan fingerprint density at radius 2 is 1.46 bits per heavy atom. The van der Waals surface area contributed by atoms with Gasteiger partial charge >= 0.3 is 0 Å². The first-order valence-electron chi connectivity index (χ1n) is 13.8. The third kappa shape index (κ3) is 5.71. The summed E-state index contributed by atoms with van der Waals surface area (Å²) in [4.78, 5) is 29.7. The number of aliphatic hydroxyl groups is 1. The predicted molar refractivity (Wildman–Crippen MR) is 155 cm³/mol. The second-order valence-corrected chi connectivity index (χ2v) is 10.6. The van der Waals surface area contributed by atoms with Crippen molar-refractivity contribution >= 4 is 17.5 Å². The molecule has 0 aliphatic carbocycles. The number of hydrogen-bond donors (Lipinski definition) is 1. The van der Waals surface area contributed by atoms with Crippen molar-refractivity contribution in [3.05, 3.63) is 137 Å². The predicted octanol–water partition coefficient (Wildman–Crippen LogP) is 5.66. The van der Waals surface area contributed by atoms with Gasteiger partial charge in [0.1, 0.15) is 0 Å². The fourth-order valence-electron chi connectivity index (χ4n) is 5.57. The van der Waals surface area contributed by atoms with Crippen LogP contribution in [0.4, 0.5) is 5.69 Å². The summed E-state index contributed by atoms with van der Waals surface area (Å²) in [7, 11) is 2.08. The van der Waals surface area contributed by atoms with E-state index in [0.29, 0.717) is 29.8 Å². The van der Waals surface area contributed by atoms with Crippen LogP contribution in [0, 0.1) is 0 Å². The van der Waals surface area contributed by atoms with Gasteiger partial charge in [-0.15, -0.1) is 0 Å². The number of likely N-dealkylation sites (N-methyl/N-ethyl adjacent to an activating group) is 1. The van der Waals surface area contributed by atoms with Crippen molar-refractivity contribution < 1.29 is 24.2 Å². The number of hydrogen-bond acceptors (Lipinski definition) is 6. The molecule has 6 rings (SSSR count). The normalized spacial score (nSPS) is 20.5. The number of fused-ring (bicyclic) bond motifs is 1. The van der Waals surface area contributed by atoms with Gasteiger partial charge in [-0.25, -0.2) is 4.90 Å². The number of imide groups is 1. The zero-order valence-electron chi connectivity index (χ0n) is 22.9. The highest BCUT2D eigenvalue weighted by Crippen LogP contribution is 2.39. The minimum absolute atomic E-state index is 0.0188. The number of benzene rings is 4. The first-order valence-corrected chi connectivity index (χ1v) is 13.8. The number of carbonyl (C=O) groups is 2. The van der Waals surface area contributed by atoms with Crippen molar-refractivity contribution in [3.8, 4) is 0 Å². The van der Waals surface area contributed by atoms with Crippen molar-refractivity contribution in [1.29, 1.82) is 0 Å². The molecule has 0 radical (unpaired) electrons. The third-order valence-corrected chi connectivity index (χ3v) is 7.62. The van der Waals surface area contributed by atoms with Crippen molar-refractivity contribution in [3.63, 3.8) is 0 Å². The van der Waals surface area contributed by atoms with E-state index in [4.69, 9.17) is 9.47 Å². The van der Waals surface area contributed by atoms with Gasteiger partial charge in [0.05, 0.1) is 35.6 Å². The van der Waals surface area contributed by atoms with E-state index >= 15 is 0 Å². The lowest BCUT2D eigenvalue weighted by molar-refractivity contribution is -0.252. The van der Waals surface area contributed by atoms with Gasteiger partial charge < -0.3 is 14.6 Å². The zero-order valence-corrected chi connectivity index (χ0v) is 22.9. The largest absolute Gasteiger partial charge is 0.392 e. The van der Waals surface area contributed by atoms with Crippen molar-refractivity contribution in [2.75, 3.05) is 18.5 Å². The molecule has 2 heterocycles. The lowest BCUT2D eigenvalue weighted by Gasteiger charge is -2.38. The first-order chi connectivity index (χ1) is 20.0. The first kappa shape index (κ1) is 27.1. The average molecular weight is 549 g/mol. The smallest absolute Gasteiger partial charge is 0.266 e. The second-order valence-electron chi connectivity index (χ2n) is 10.6. The zero-order chi connectivity index (χ0) is 28.3. The topological polar surface area (TPSA) is 79.3 Å². The molecule has 2 aliphatic heterocycles. The Morgan fingerprint density at radius 1 is 0.780 bits per heavy atom. The van der Waals surface area contributed by atoms with Gasteiger partial charge in [-0.3, -0.25) is 14.5 Å². The molecule has 3 unspecified atom stereocenters. The number of anilines is 1. The Balaban J connectivity index is 1.26. The number of amides is 2. The van der Waals surface area contributed by atoms with Crippen molar-refractivity contribution in [2.24, 2.45) is 0 Å². The minimum Gasteiger partial charge on any atom is -0.392 e. The molecule has 3 atom stereocenters. The summed E-state index contributed by atoms with van der Waals surface area (Å²) in [6, 6.07) is 32.2. The molecule has 1 N–H and O–H groups in total. The monoisotopic (exact) mass is 548 g/mol. The molecule has 0 aromatic heterocycles. The van der Waals surface area contributed by atoms with Crippen LogP contribution in [0.1, 0.15) is 61.8 Å². The van der Waals surface area contributed by atoms with Crippen LogP contribution in [0.5, 0.6) is 0 Å². The van der Waals surface area contributed by atoms with E-state index in [9.17, 15) is 14.7 Å². The molecular weight excluding hydrogens is 516 g/mol. The Hall–Kier alpha value is -4.14. The molecular formula is C34H32N2O5. The highest BCUT2D eigenvalue weighted by Gasteiger charge is 2.37. The van der Waals surface area contributed by atoms with E-state index in [1.165, 1.54) is 10.5 Å². The molecule has 0 bridgehead atoms. The summed E-state index contributed by atoms with van der Waals surface area (Å²) in [5.74, 6) is -0.675. The lowest BCUT2D eigenvalue weighted by Crippen LogP contribution is -2.37. The fraction of sp³-hybridized carbons (Fsp3) is 0.235. The summed E-state index contributed by atoms with van der Waals surface area (Å²) < 4.78 is 13.0. The van der Waals surface area contributed by atoms with Crippen molar-refractivity contribution in [2.45, 2.75) is 38.1 Å². The molecule has 4 aromatic carbocycles. The summed E-state index contributed by atoms with van der Waals surface area (Å²) in [6.07, 6.45) is -0.407. The van der Waals surface area contributed by atoms with E-state index in [2.05, 4.69) is 24.1 Å². The van der Waals surface area contributed by atoms with Crippen LogP contribution in [0.3, 0.4) is 0 Å². The summed E-state index contributed by atoms with van der Waals surface area (Å²) in [6.45, 7) is 1.46. The molecule has 2 aliphatic rings. The van der Waals surface area contributed by atoms with Crippen LogP contribution in [-0.4, -0.2) is 41.5 Å². The Bertz CT molecular complexity index is 1500. The van der Waals surface area contributed by atoms with Crippen LogP contribution in [0.15, 0.2) is 103 Å². The van der Waals surface area contributed by atoms with Gasteiger partial charge in [0.15, 0.2) is 6.29 Å². The number of ether oxygens (including phenoxy) is 2. The quantitative estimate of drug-likeness (QED) is 0.287. The molecule has 1 saturated heterocycles. The number of aliphatic hydroxyl groups excluding tert-OH is 1. The van der Waals surface area contributed by atoms with Gasteiger partial charge in [-0.2, -0.15) is 0 Å². The molecule has 1 fully saturated rings. The fourth-order valence-corrected chi connectivity index (χ4v) is 5.57. The van der Waals surface area contributed by atoms with Gasteiger partial charge in [-0.05, 0) is 48.0 Å². The SMILES string of the molecule is CN(Cc1ccccc1)CC1CC(c2ccc(CO)cc2)OC(c2cccc(N3C(=O)c4ccccc4C3=O)c2)O1. The van der Waals surface area contributed by atoms with Gasteiger partial charge in [0.2, 0.25) is 0 Å².